The predicted molar refractivity (Wildman–Crippen MR) is 73.5 cm³/mol. The molecule has 1 heterocycles. The molecule has 2 aromatic carbocycles. The number of halogens is 2. The van der Waals surface area contributed by atoms with Crippen LogP contribution in [0.15, 0.2) is 36.4 Å². The molecule has 2 aromatic rings. The highest BCUT2D eigenvalue weighted by Crippen LogP contribution is 2.36. The molecule has 0 spiro atoms. The van der Waals surface area contributed by atoms with Gasteiger partial charge in [-0.15, -0.1) is 0 Å². The van der Waals surface area contributed by atoms with Crippen molar-refractivity contribution in [3.63, 3.8) is 0 Å². The van der Waals surface area contributed by atoms with E-state index < -0.39 is 5.82 Å². The van der Waals surface area contributed by atoms with Gasteiger partial charge in [0.1, 0.15) is 11.6 Å². The van der Waals surface area contributed by atoms with Crippen molar-refractivity contribution in [2.75, 3.05) is 11.4 Å². The molecule has 0 fully saturated rings. The monoisotopic (exact) mass is 273 g/mol. The maximum atomic E-state index is 14.2. The summed E-state index contributed by atoms with van der Waals surface area (Å²) in [5.41, 5.74) is 2.41. The highest BCUT2D eigenvalue weighted by atomic mass is 19.1. The lowest BCUT2D eigenvalue weighted by molar-refractivity contribution is 0.101. The van der Waals surface area contributed by atoms with Crippen molar-refractivity contribution in [3.05, 3.63) is 59.2 Å². The molecule has 0 unspecified atom stereocenters. The lowest BCUT2D eigenvalue weighted by atomic mass is 10.1. The first-order valence-electron chi connectivity index (χ1n) is 6.43. The summed E-state index contributed by atoms with van der Waals surface area (Å²) in [6.45, 7) is 2.00. The lowest BCUT2D eigenvalue weighted by Crippen LogP contribution is -2.15. The maximum absolute atomic E-state index is 14.2. The largest absolute Gasteiger partial charge is 0.338 e. The number of Topliss-reactive ketones (excluding diaryl/α,β-unsaturated/α-hetero) is 1. The Morgan fingerprint density at radius 3 is 2.60 bits per heavy atom. The molecule has 1 aliphatic heterocycles. The number of fused-ring (bicyclic) bond motifs is 1. The molecular formula is C16H13F2NO. The molecule has 20 heavy (non-hydrogen) atoms. The fraction of sp³-hybridized carbons (Fsp3) is 0.188. The fourth-order valence-electron chi connectivity index (χ4n) is 2.55. The summed E-state index contributed by atoms with van der Waals surface area (Å²) in [7, 11) is 0. The molecule has 102 valence electrons. The molecule has 0 radical (unpaired) electrons. The average Bonchev–Trinajstić information content (AvgIpc) is 2.81. The van der Waals surface area contributed by atoms with Crippen LogP contribution < -0.4 is 4.90 Å². The van der Waals surface area contributed by atoms with Gasteiger partial charge < -0.3 is 4.90 Å². The van der Waals surface area contributed by atoms with Crippen LogP contribution in [0, 0.1) is 11.6 Å². The van der Waals surface area contributed by atoms with Crippen molar-refractivity contribution in [1.29, 1.82) is 0 Å². The second kappa shape index (κ2) is 4.71. The Morgan fingerprint density at radius 2 is 1.90 bits per heavy atom. The Labute approximate surface area is 115 Å². The predicted octanol–water partition coefficient (Wildman–Crippen LogP) is 3.86. The van der Waals surface area contributed by atoms with E-state index in [9.17, 15) is 13.6 Å². The van der Waals surface area contributed by atoms with Gasteiger partial charge in [0.25, 0.3) is 0 Å². The van der Waals surface area contributed by atoms with Crippen molar-refractivity contribution >= 4 is 17.2 Å². The zero-order chi connectivity index (χ0) is 14.3. The molecular weight excluding hydrogens is 260 g/mol. The van der Waals surface area contributed by atoms with Gasteiger partial charge in [-0.05, 0) is 49.2 Å². The molecule has 0 saturated carbocycles. The molecule has 0 atom stereocenters. The van der Waals surface area contributed by atoms with Gasteiger partial charge in [0.05, 0.1) is 5.69 Å². The van der Waals surface area contributed by atoms with Crippen molar-refractivity contribution < 1.29 is 13.6 Å². The number of hydrogen-bond acceptors (Lipinski definition) is 2. The van der Waals surface area contributed by atoms with Crippen LogP contribution in [0.3, 0.4) is 0 Å². The van der Waals surface area contributed by atoms with Gasteiger partial charge >= 0.3 is 0 Å². The second-order valence-electron chi connectivity index (χ2n) is 4.90. The smallest absolute Gasteiger partial charge is 0.159 e. The van der Waals surface area contributed by atoms with Gasteiger partial charge in [0.15, 0.2) is 5.78 Å². The number of ketones is 1. The number of benzene rings is 2. The van der Waals surface area contributed by atoms with Crippen LogP contribution in [-0.2, 0) is 6.42 Å². The van der Waals surface area contributed by atoms with E-state index in [2.05, 4.69) is 0 Å². The van der Waals surface area contributed by atoms with Crippen LogP contribution in [0.5, 0.6) is 0 Å². The summed E-state index contributed by atoms with van der Waals surface area (Å²) < 4.78 is 27.5. The molecule has 4 heteroatoms. The number of carbonyl (C=O) groups is 1. The van der Waals surface area contributed by atoms with Crippen LogP contribution in [0.1, 0.15) is 22.8 Å². The van der Waals surface area contributed by atoms with Crippen molar-refractivity contribution in [2.45, 2.75) is 13.3 Å². The molecule has 0 amide bonds. The third-order valence-electron chi connectivity index (χ3n) is 3.59. The van der Waals surface area contributed by atoms with Gasteiger partial charge in [0.2, 0.25) is 0 Å². The lowest BCUT2D eigenvalue weighted by Gasteiger charge is -2.20. The Morgan fingerprint density at radius 1 is 1.10 bits per heavy atom. The van der Waals surface area contributed by atoms with Gasteiger partial charge in [-0.2, -0.15) is 0 Å². The molecule has 2 nitrogen and oxygen atoms in total. The Bertz CT molecular complexity index is 697. The minimum Gasteiger partial charge on any atom is -0.338 e. The Kier molecular flexibility index (Phi) is 3.01. The number of rotatable bonds is 2. The van der Waals surface area contributed by atoms with E-state index in [1.54, 1.807) is 23.1 Å². The van der Waals surface area contributed by atoms with Gasteiger partial charge in [-0.25, -0.2) is 8.78 Å². The first kappa shape index (κ1) is 12.8. The summed E-state index contributed by atoms with van der Waals surface area (Å²) in [5, 5.41) is 0. The summed E-state index contributed by atoms with van der Waals surface area (Å²) >= 11 is 0. The van der Waals surface area contributed by atoms with Gasteiger partial charge in [0, 0.05) is 17.8 Å². The third kappa shape index (κ3) is 2.07. The maximum Gasteiger partial charge on any atom is 0.159 e. The molecule has 0 aliphatic carbocycles. The van der Waals surface area contributed by atoms with Crippen LogP contribution in [0.2, 0.25) is 0 Å². The number of hydrogen-bond donors (Lipinski definition) is 0. The van der Waals surface area contributed by atoms with E-state index in [1.165, 1.54) is 25.1 Å². The van der Waals surface area contributed by atoms with E-state index in [0.717, 1.165) is 12.0 Å². The summed E-state index contributed by atoms with van der Waals surface area (Å²) in [6.07, 6.45) is 0.753. The van der Waals surface area contributed by atoms with E-state index >= 15 is 0 Å². The molecule has 0 N–H and O–H groups in total. The SMILES string of the molecule is CC(=O)c1ccc(N2CCc3ccc(F)cc32)c(F)c1. The van der Waals surface area contributed by atoms with Crippen molar-refractivity contribution in [2.24, 2.45) is 0 Å². The molecule has 0 saturated heterocycles. The zero-order valence-electron chi connectivity index (χ0n) is 11.0. The van der Waals surface area contributed by atoms with E-state index in [0.29, 0.717) is 23.5 Å². The second-order valence-corrected chi connectivity index (χ2v) is 4.90. The van der Waals surface area contributed by atoms with E-state index in [1.807, 2.05) is 0 Å². The average molecular weight is 273 g/mol. The van der Waals surface area contributed by atoms with Gasteiger partial charge in [-0.3, -0.25) is 4.79 Å². The normalized spacial score (nSPS) is 13.4. The van der Waals surface area contributed by atoms with Crippen LogP contribution in [-0.4, -0.2) is 12.3 Å². The Balaban J connectivity index is 2.04. The summed E-state index contributed by atoms with van der Waals surface area (Å²) in [4.78, 5) is 13.0. The van der Waals surface area contributed by atoms with Crippen molar-refractivity contribution in [3.8, 4) is 0 Å². The van der Waals surface area contributed by atoms with Crippen LogP contribution in [0.25, 0.3) is 0 Å². The first-order valence-corrected chi connectivity index (χ1v) is 6.43. The highest BCUT2D eigenvalue weighted by Gasteiger charge is 2.23. The minimum absolute atomic E-state index is 0.177. The zero-order valence-corrected chi connectivity index (χ0v) is 11.0. The molecule has 3 rings (SSSR count). The standard InChI is InChI=1S/C16H13F2NO/c1-10(20)12-3-5-15(14(18)8-12)19-7-6-11-2-4-13(17)9-16(11)19/h2-5,8-9H,6-7H2,1H3. The van der Waals surface area contributed by atoms with Crippen molar-refractivity contribution in [1.82, 2.24) is 0 Å². The van der Waals surface area contributed by atoms with Gasteiger partial charge in [-0.1, -0.05) is 6.07 Å². The summed E-state index contributed by atoms with van der Waals surface area (Å²) in [5.74, 6) is -0.977. The molecule has 0 bridgehead atoms. The summed E-state index contributed by atoms with van der Waals surface area (Å²) in [6, 6.07) is 8.96. The first-order chi connectivity index (χ1) is 9.56. The number of anilines is 2. The van der Waals surface area contributed by atoms with E-state index in [-0.39, 0.29) is 11.6 Å². The number of nitrogens with zero attached hydrogens (tertiary/aromatic N) is 1. The third-order valence-corrected chi connectivity index (χ3v) is 3.59. The van der Waals surface area contributed by atoms with E-state index in [4.69, 9.17) is 0 Å². The molecule has 0 aromatic heterocycles. The topological polar surface area (TPSA) is 20.3 Å². The minimum atomic E-state index is -0.463. The highest BCUT2D eigenvalue weighted by molar-refractivity contribution is 5.94. The van der Waals surface area contributed by atoms with Crippen LogP contribution in [0.4, 0.5) is 20.2 Å². The fourth-order valence-corrected chi connectivity index (χ4v) is 2.55. The Hall–Kier alpha value is -2.23. The number of carbonyl (C=O) groups excluding carboxylic acids is 1. The van der Waals surface area contributed by atoms with Crippen LogP contribution >= 0.6 is 0 Å². The molecule has 1 aliphatic rings. The quantitative estimate of drug-likeness (QED) is 0.774.